The van der Waals surface area contributed by atoms with Crippen LogP contribution in [0.15, 0.2) is 0 Å². The Morgan fingerprint density at radius 1 is 1.22 bits per heavy atom. The van der Waals surface area contributed by atoms with Crippen LogP contribution in [0.3, 0.4) is 0 Å². The van der Waals surface area contributed by atoms with Crippen molar-refractivity contribution in [1.29, 1.82) is 0 Å². The second-order valence-electron chi connectivity index (χ2n) is 7.35. The van der Waals surface area contributed by atoms with Crippen LogP contribution >= 0.6 is 0 Å². The van der Waals surface area contributed by atoms with E-state index in [1.54, 1.807) is 4.31 Å². The average molecular weight is 346 g/mol. The molecule has 0 aromatic rings. The molecule has 3 aliphatic rings. The summed E-state index contributed by atoms with van der Waals surface area (Å²) in [6.07, 6.45) is 7.10. The van der Waals surface area contributed by atoms with E-state index in [1.165, 1.54) is 25.5 Å². The minimum absolute atomic E-state index is 0.496. The van der Waals surface area contributed by atoms with Gasteiger partial charge in [-0.15, -0.1) is 0 Å². The van der Waals surface area contributed by atoms with Crippen LogP contribution in [0.5, 0.6) is 0 Å². The van der Waals surface area contributed by atoms with Gasteiger partial charge in [0, 0.05) is 31.7 Å². The predicted octanol–water partition coefficient (Wildman–Crippen LogP) is 0.405. The molecule has 23 heavy (non-hydrogen) atoms. The van der Waals surface area contributed by atoms with Crippen LogP contribution in [-0.2, 0) is 14.8 Å². The summed E-state index contributed by atoms with van der Waals surface area (Å²) in [5.41, 5.74) is 0. The highest BCUT2D eigenvalue weighted by Gasteiger charge is 2.35. The summed E-state index contributed by atoms with van der Waals surface area (Å²) < 4.78 is 30.4. The zero-order valence-corrected chi connectivity index (χ0v) is 15.0. The quantitative estimate of drug-likeness (QED) is 0.755. The Hall–Kier alpha value is -0.210. The van der Waals surface area contributed by atoms with Gasteiger partial charge in [0.05, 0.1) is 19.5 Å². The van der Waals surface area contributed by atoms with Crippen LogP contribution < -0.4 is 10.6 Å². The lowest BCUT2D eigenvalue weighted by molar-refractivity contribution is 0.0521. The van der Waals surface area contributed by atoms with Crippen LogP contribution in [0, 0.1) is 11.8 Å². The van der Waals surface area contributed by atoms with E-state index in [-0.39, 0.29) is 0 Å². The minimum atomic E-state index is -3.01. The zero-order valence-electron chi connectivity index (χ0n) is 14.2. The van der Waals surface area contributed by atoms with Crippen LogP contribution in [0.4, 0.5) is 0 Å². The third-order valence-electron chi connectivity index (χ3n) is 5.75. The Balaban J connectivity index is 1.43. The van der Waals surface area contributed by atoms with Crippen LogP contribution in [0.25, 0.3) is 0 Å². The normalized spacial score (nSPS) is 34.7. The van der Waals surface area contributed by atoms with Gasteiger partial charge in [-0.3, -0.25) is 0 Å². The van der Waals surface area contributed by atoms with Gasteiger partial charge in [-0.2, -0.15) is 0 Å². The van der Waals surface area contributed by atoms with Crippen molar-refractivity contribution in [2.75, 3.05) is 45.6 Å². The second kappa shape index (κ2) is 7.78. The van der Waals surface area contributed by atoms with Gasteiger partial charge in [0.15, 0.2) is 0 Å². The summed E-state index contributed by atoms with van der Waals surface area (Å²) in [7, 11) is -3.01. The molecule has 2 saturated heterocycles. The maximum Gasteiger partial charge on any atom is 0.211 e. The van der Waals surface area contributed by atoms with Crippen molar-refractivity contribution in [3.63, 3.8) is 0 Å². The Bertz CT molecular complexity index is 471. The van der Waals surface area contributed by atoms with E-state index in [4.69, 9.17) is 4.74 Å². The summed E-state index contributed by atoms with van der Waals surface area (Å²) in [6.45, 7) is 5.02. The van der Waals surface area contributed by atoms with Crippen molar-refractivity contribution >= 4 is 10.0 Å². The fourth-order valence-corrected chi connectivity index (χ4v) is 5.22. The third-order valence-corrected chi connectivity index (χ3v) is 7.05. The molecule has 6 nitrogen and oxygen atoms in total. The molecule has 1 saturated carbocycles. The monoisotopic (exact) mass is 345 g/mol. The summed E-state index contributed by atoms with van der Waals surface area (Å²) in [5, 5.41) is 7.40. The summed E-state index contributed by atoms with van der Waals surface area (Å²) in [6, 6.07) is 1.08. The Kier molecular flexibility index (Phi) is 5.96. The van der Waals surface area contributed by atoms with Gasteiger partial charge in [-0.05, 0) is 44.1 Å². The summed E-state index contributed by atoms with van der Waals surface area (Å²) >= 11 is 0. The topological polar surface area (TPSA) is 70.7 Å². The highest BCUT2D eigenvalue weighted by Crippen LogP contribution is 2.30. The first-order valence-electron chi connectivity index (χ1n) is 9.03. The van der Waals surface area contributed by atoms with E-state index in [1.807, 2.05) is 0 Å². The fraction of sp³-hybridized carbons (Fsp3) is 1.00. The van der Waals surface area contributed by atoms with Crippen molar-refractivity contribution < 1.29 is 13.2 Å². The van der Waals surface area contributed by atoms with Crippen molar-refractivity contribution in [1.82, 2.24) is 14.9 Å². The fourth-order valence-electron chi connectivity index (χ4n) is 4.35. The molecule has 2 N–H and O–H groups in total. The number of nitrogens with zero attached hydrogens (tertiary/aromatic N) is 1. The number of ether oxygens (including phenoxy) is 1. The number of hydrogen-bond acceptors (Lipinski definition) is 5. The molecule has 3 fully saturated rings. The number of morpholine rings is 1. The molecule has 7 heteroatoms. The third kappa shape index (κ3) is 4.66. The number of nitrogens with one attached hydrogen (secondary N) is 2. The molecular formula is C16H31N3O3S. The van der Waals surface area contributed by atoms with Gasteiger partial charge in [0.1, 0.15) is 0 Å². The molecule has 0 aromatic heterocycles. The number of rotatable bonds is 5. The molecule has 0 aromatic carbocycles. The largest absolute Gasteiger partial charge is 0.379 e. The molecule has 134 valence electrons. The van der Waals surface area contributed by atoms with Crippen molar-refractivity contribution in [3.8, 4) is 0 Å². The maximum atomic E-state index is 11.6. The Morgan fingerprint density at radius 2 is 2.00 bits per heavy atom. The zero-order chi connectivity index (χ0) is 16.3. The molecule has 3 unspecified atom stereocenters. The molecule has 2 heterocycles. The highest BCUT2D eigenvalue weighted by molar-refractivity contribution is 7.88. The lowest BCUT2D eigenvalue weighted by Gasteiger charge is -2.35. The highest BCUT2D eigenvalue weighted by atomic mass is 32.2. The molecule has 0 spiro atoms. The number of piperidine rings is 1. The lowest BCUT2D eigenvalue weighted by Crippen LogP contribution is -2.51. The first kappa shape index (κ1) is 17.6. The number of hydrogen-bond donors (Lipinski definition) is 2. The molecule has 0 bridgehead atoms. The van der Waals surface area contributed by atoms with Crippen molar-refractivity contribution in [2.45, 2.75) is 44.2 Å². The summed E-state index contributed by atoms with van der Waals surface area (Å²) in [5.74, 6) is 1.27. The van der Waals surface area contributed by atoms with Crippen LogP contribution in [-0.4, -0.2) is 70.5 Å². The Labute approximate surface area is 140 Å². The smallest absolute Gasteiger partial charge is 0.211 e. The van der Waals surface area contributed by atoms with Crippen molar-refractivity contribution in [2.24, 2.45) is 11.8 Å². The Morgan fingerprint density at radius 3 is 2.65 bits per heavy atom. The van der Waals surface area contributed by atoms with Gasteiger partial charge in [0.2, 0.25) is 10.0 Å². The lowest BCUT2D eigenvalue weighted by atomic mass is 9.92. The molecule has 3 atom stereocenters. The predicted molar refractivity (Wildman–Crippen MR) is 90.9 cm³/mol. The van der Waals surface area contributed by atoms with Gasteiger partial charge >= 0.3 is 0 Å². The number of sulfonamides is 1. The first-order chi connectivity index (χ1) is 11.0. The van der Waals surface area contributed by atoms with E-state index in [0.717, 1.165) is 39.1 Å². The molecule has 0 radical (unpaired) electrons. The minimum Gasteiger partial charge on any atom is -0.379 e. The van der Waals surface area contributed by atoms with E-state index in [2.05, 4.69) is 10.6 Å². The van der Waals surface area contributed by atoms with E-state index in [0.29, 0.717) is 37.0 Å². The van der Waals surface area contributed by atoms with E-state index >= 15 is 0 Å². The van der Waals surface area contributed by atoms with Crippen LogP contribution in [0.1, 0.15) is 32.1 Å². The van der Waals surface area contributed by atoms with Gasteiger partial charge < -0.3 is 15.4 Å². The molecule has 2 aliphatic heterocycles. The maximum absolute atomic E-state index is 11.6. The second-order valence-corrected chi connectivity index (χ2v) is 9.33. The average Bonchev–Trinajstić information content (AvgIpc) is 3.02. The molecule has 0 amide bonds. The summed E-state index contributed by atoms with van der Waals surface area (Å²) in [4.78, 5) is 0. The molecule has 1 aliphatic carbocycles. The van der Waals surface area contributed by atoms with Crippen LogP contribution in [0.2, 0.25) is 0 Å². The molecule has 3 rings (SSSR count). The van der Waals surface area contributed by atoms with Crippen molar-refractivity contribution in [3.05, 3.63) is 0 Å². The molecular weight excluding hydrogens is 314 g/mol. The van der Waals surface area contributed by atoms with Gasteiger partial charge in [-0.25, -0.2) is 12.7 Å². The van der Waals surface area contributed by atoms with E-state index < -0.39 is 10.0 Å². The van der Waals surface area contributed by atoms with Gasteiger partial charge in [-0.1, -0.05) is 6.42 Å². The van der Waals surface area contributed by atoms with Gasteiger partial charge in [0.25, 0.3) is 0 Å². The van der Waals surface area contributed by atoms with E-state index in [9.17, 15) is 8.42 Å². The first-order valence-corrected chi connectivity index (χ1v) is 10.9. The standard InChI is InChI=1S/C16H31N3O3S/c1-23(20,21)19-8-5-13(6-9-19)11-18-15-4-2-3-14(15)16-12-22-10-7-17-16/h13-18H,2-12H2,1H3. The SMILES string of the molecule is CS(=O)(=O)N1CCC(CNC2CCCC2C2COCCN2)CC1.